The zero-order chi connectivity index (χ0) is 13.5. The number of nitriles is 1. The predicted molar refractivity (Wildman–Crippen MR) is 73.0 cm³/mol. The summed E-state index contributed by atoms with van der Waals surface area (Å²) in [5.74, 6) is 0.746. The minimum absolute atomic E-state index is 0.628. The summed E-state index contributed by atoms with van der Waals surface area (Å²) in [5, 5.41) is 12.3. The first-order valence-corrected chi connectivity index (χ1v) is 6.11. The number of nitrogens with one attached hydrogen (secondary N) is 1. The van der Waals surface area contributed by atoms with Crippen LogP contribution in [-0.2, 0) is 6.54 Å². The van der Waals surface area contributed by atoms with Crippen LogP contribution in [0.15, 0.2) is 36.9 Å². The Balaban J connectivity index is 1.89. The van der Waals surface area contributed by atoms with Gasteiger partial charge >= 0.3 is 0 Å². The zero-order valence-electron chi connectivity index (χ0n) is 10.8. The number of hydrogen-bond acceptors (Lipinski definition) is 4. The van der Waals surface area contributed by atoms with Gasteiger partial charge in [0.15, 0.2) is 0 Å². The zero-order valence-corrected chi connectivity index (χ0v) is 10.8. The normalized spacial score (nSPS) is 9.89. The molecule has 1 aromatic heterocycles. The number of imidazole rings is 1. The Kier molecular flexibility index (Phi) is 4.40. The fourth-order valence-corrected chi connectivity index (χ4v) is 1.80. The molecule has 5 heteroatoms. The second kappa shape index (κ2) is 6.45. The molecule has 0 bridgehead atoms. The summed E-state index contributed by atoms with van der Waals surface area (Å²) < 4.78 is 7.18. The van der Waals surface area contributed by atoms with Crippen LogP contribution >= 0.6 is 0 Å². The predicted octanol–water partition coefficient (Wildman–Crippen LogP) is 2.27. The van der Waals surface area contributed by atoms with Gasteiger partial charge in [0, 0.05) is 31.5 Å². The van der Waals surface area contributed by atoms with E-state index in [-0.39, 0.29) is 0 Å². The number of rotatable bonds is 6. The molecule has 0 amide bonds. The summed E-state index contributed by atoms with van der Waals surface area (Å²) in [6, 6.07) is 7.56. The Labute approximate surface area is 112 Å². The van der Waals surface area contributed by atoms with E-state index in [9.17, 15) is 0 Å². The van der Waals surface area contributed by atoms with Gasteiger partial charge in [-0.05, 0) is 18.6 Å². The van der Waals surface area contributed by atoms with Crippen molar-refractivity contribution in [2.45, 2.75) is 13.0 Å². The smallest absolute Gasteiger partial charge is 0.121 e. The van der Waals surface area contributed by atoms with Crippen LogP contribution in [0.25, 0.3) is 0 Å². The van der Waals surface area contributed by atoms with Gasteiger partial charge in [0.05, 0.1) is 24.7 Å². The molecule has 1 N–H and O–H groups in total. The van der Waals surface area contributed by atoms with Gasteiger partial charge in [-0.1, -0.05) is 0 Å². The van der Waals surface area contributed by atoms with Crippen molar-refractivity contribution in [3.8, 4) is 11.8 Å². The van der Waals surface area contributed by atoms with Gasteiger partial charge in [-0.2, -0.15) is 5.26 Å². The number of hydrogen-bond donors (Lipinski definition) is 1. The first-order valence-electron chi connectivity index (χ1n) is 6.11. The van der Waals surface area contributed by atoms with E-state index in [4.69, 9.17) is 10.00 Å². The Hall–Kier alpha value is -2.48. The molecule has 0 aliphatic carbocycles. The Morgan fingerprint density at radius 1 is 1.47 bits per heavy atom. The maximum absolute atomic E-state index is 9.05. The van der Waals surface area contributed by atoms with E-state index in [0.29, 0.717) is 5.56 Å². The molecule has 5 nitrogen and oxygen atoms in total. The summed E-state index contributed by atoms with van der Waals surface area (Å²) in [4.78, 5) is 3.99. The SMILES string of the molecule is COc1ccc(C#N)c(NCCCn2ccnc2)c1. The highest BCUT2D eigenvalue weighted by Gasteiger charge is 2.03. The minimum atomic E-state index is 0.628. The van der Waals surface area contributed by atoms with Crippen LogP contribution in [0.1, 0.15) is 12.0 Å². The largest absolute Gasteiger partial charge is 0.497 e. The van der Waals surface area contributed by atoms with Crippen molar-refractivity contribution in [2.75, 3.05) is 19.0 Å². The standard InChI is InChI=1S/C14H16N4O/c1-19-13-4-3-12(10-15)14(9-13)17-5-2-7-18-8-6-16-11-18/h3-4,6,8-9,11,17H,2,5,7H2,1H3. The number of ether oxygens (including phenoxy) is 1. The molecule has 0 saturated carbocycles. The van der Waals surface area contributed by atoms with Gasteiger partial charge in [-0.15, -0.1) is 0 Å². The van der Waals surface area contributed by atoms with Crippen LogP contribution in [0.2, 0.25) is 0 Å². The van der Waals surface area contributed by atoms with Crippen LogP contribution in [0.3, 0.4) is 0 Å². The quantitative estimate of drug-likeness (QED) is 0.805. The van der Waals surface area contributed by atoms with Crippen molar-refractivity contribution in [2.24, 2.45) is 0 Å². The fraction of sp³-hybridized carbons (Fsp3) is 0.286. The number of nitrogens with zero attached hydrogens (tertiary/aromatic N) is 3. The van der Waals surface area contributed by atoms with E-state index in [1.165, 1.54) is 0 Å². The monoisotopic (exact) mass is 256 g/mol. The van der Waals surface area contributed by atoms with Gasteiger partial charge in [0.25, 0.3) is 0 Å². The van der Waals surface area contributed by atoms with Crippen LogP contribution in [0.4, 0.5) is 5.69 Å². The van der Waals surface area contributed by atoms with Crippen LogP contribution in [0, 0.1) is 11.3 Å². The maximum atomic E-state index is 9.05. The van der Waals surface area contributed by atoms with E-state index in [1.807, 2.05) is 16.8 Å². The lowest BCUT2D eigenvalue weighted by atomic mass is 10.2. The third kappa shape index (κ3) is 3.49. The second-order valence-corrected chi connectivity index (χ2v) is 4.10. The Morgan fingerprint density at radius 3 is 3.05 bits per heavy atom. The van der Waals surface area contributed by atoms with Crippen molar-refractivity contribution >= 4 is 5.69 Å². The summed E-state index contributed by atoms with van der Waals surface area (Å²) in [6.45, 7) is 1.69. The molecule has 1 heterocycles. The van der Waals surface area contributed by atoms with Crippen molar-refractivity contribution in [1.82, 2.24) is 9.55 Å². The molecule has 2 aromatic rings. The molecule has 0 fully saturated rings. The van der Waals surface area contributed by atoms with Gasteiger partial charge in [0.1, 0.15) is 11.8 Å². The van der Waals surface area contributed by atoms with Crippen molar-refractivity contribution in [1.29, 1.82) is 5.26 Å². The van der Waals surface area contributed by atoms with E-state index < -0.39 is 0 Å². The minimum Gasteiger partial charge on any atom is -0.497 e. The number of benzene rings is 1. The highest BCUT2D eigenvalue weighted by atomic mass is 16.5. The summed E-state index contributed by atoms with van der Waals surface area (Å²) >= 11 is 0. The van der Waals surface area contributed by atoms with Gasteiger partial charge in [0.2, 0.25) is 0 Å². The fourth-order valence-electron chi connectivity index (χ4n) is 1.80. The first-order chi connectivity index (χ1) is 9.33. The molecule has 0 radical (unpaired) electrons. The Morgan fingerprint density at radius 2 is 2.37 bits per heavy atom. The van der Waals surface area contributed by atoms with Gasteiger partial charge in [-0.25, -0.2) is 4.98 Å². The molecule has 0 aliphatic heterocycles. The van der Waals surface area contributed by atoms with Crippen molar-refractivity contribution in [3.63, 3.8) is 0 Å². The second-order valence-electron chi connectivity index (χ2n) is 4.10. The highest BCUT2D eigenvalue weighted by Crippen LogP contribution is 2.21. The maximum Gasteiger partial charge on any atom is 0.121 e. The van der Waals surface area contributed by atoms with E-state index >= 15 is 0 Å². The molecular weight excluding hydrogens is 240 g/mol. The average molecular weight is 256 g/mol. The third-order valence-electron chi connectivity index (χ3n) is 2.81. The summed E-state index contributed by atoms with van der Waals surface area (Å²) in [7, 11) is 1.62. The lowest BCUT2D eigenvalue weighted by molar-refractivity contribution is 0.415. The third-order valence-corrected chi connectivity index (χ3v) is 2.81. The van der Waals surface area contributed by atoms with E-state index in [2.05, 4.69) is 16.4 Å². The number of aromatic nitrogens is 2. The molecule has 0 spiro atoms. The molecule has 2 rings (SSSR count). The topological polar surface area (TPSA) is 62.9 Å². The molecule has 0 saturated heterocycles. The van der Waals surface area contributed by atoms with Crippen LogP contribution < -0.4 is 10.1 Å². The van der Waals surface area contributed by atoms with Gasteiger partial charge in [-0.3, -0.25) is 0 Å². The Bertz CT molecular complexity index is 557. The van der Waals surface area contributed by atoms with Crippen LogP contribution in [0.5, 0.6) is 5.75 Å². The molecule has 0 atom stereocenters. The number of methoxy groups -OCH3 is 1. The molecule has 0 unspecified atom stereocenters. The molecular formula is C14H16N4O. The first kappa shape index (κ1) is 13.0. The lowest BCUT2D eigenvalue weighted by Gasteiger charge is -2.10. The average Bonchev–Trinajstić information content (AvgIpc) is 2.96. The van der Waals surface area contributed by atoms with Gasteiger partial charge < -0.3 is 14.6 Å². The lowest BCUT2D eigenvalue weighted by Crippen LogP contribution is -2.07. The summed E-state index contributed by atoms with van der Waals surface area (Å²) in [6.07, 6.45) is 6.46. The van der Waals surface area contributed by atoms with E-state index in [0.717, 1.165) is 30.9 Å². The van der Waals surface area contributed by atoms with E-state index in [1.54, 1.807) is 31.8 Å². The molecule has 19 heavy (non-hydrogen) atoms. The van der Waals surface area contributed by atoms with Crippen molar-refractivity contribution in [3.05, 3.63) is 42.5 Å². The molecule has 0 aliphatic rings. The highest BCUT2D eigenvalue weighted by molar-refractivity contribution is 5.60. The van der Waals surface area contributed by atoms with Crippen LogP contribution in [-0.4, -0.2) is 23.2 Å². The summed E-state index contributed by atoms with van der Waals surface area (Å²) in [5.41, 5.74) is 1.44. The van der Waals surface area contributed by atoms with Crippen molar-refractivity contribution < 1.29 is 4.74 Å². The molecule has 1 aromatic carbocycles. The molecule has 98 valence electrons. The number of anilines is 1. The number of aryl methyl sites for hydroxylation is 1.